The minimum Gasteiger partial charge on any atom is -0.477 e. The molecule has 0 spiro atoms. The molecule has 0 aliphatic heterocycles. The van der Waals surface area contributed by atoms with E-state index in [0.29, 0.717) is 9.99 Å². The second-order valence-electron chi connectivity index (χ2n) is 5.37. The molecule has 0 radical (unpaired) electrons. The largest absolute Gasteiger partial charge is 0.477 e. The van der Waals surface area contributed by atoms with Crippen molar-refractivity contribution in [2.45, 2.75) is 37.1 Å². The molecule has 0 saturated heterocycles. The molecule has 3 rings (SSSR count). The number of hydrogen-bond acceptors (Lipinski definition) is 6. The molecule has 136 valence electrons. The summed E-state index contributed by atoms with van der Waals surface area (Å²) < 4.78 is 1.52. The van der Waals surface area contributed by atoms with Gasteiger partial charge in [0.2, 0.25) is 0 Å². The molecule has 8 nitrogen and oxygen atoms in total. The van der Waals surface area contributed by atoms with Crippen molar-refractivity contribution < 1.29 is 14.7 Å². The summed E-state index contributed by atoms with van der Waals surface area (Å²) in [5.41, 5.74) is 4.86. The first-order chi connectivity index (χ1) is 11.9. The molecule has 0 atom stereocenters. The number of amides is 2. The van der Waals surface area contributed by atoms with Gasteiger partial charge in [0.05, 0.1) is 0 Å². The van der Waals surface area contributed by atoms with Crippen molar-refractivity contribution in [3.8, 4) is 0 Å². The highest BCUT2D eigenvalue weighted by atomic mass is 32.2. The number of primary amides is 1. The van der Waals surface area contributed by atoms with E-state index in [0.717, 1.165) is 37.8 Å². The van der Waals surface area contributed by atoms with Gasteiger partial charge in [0.25, 0.3) is 5.56 Å². The number of rotatable bonds is 2. The Kier molecular flexibility index (Phi) is 6.43. The van der Waals surface area contributed by atoms with E-state index in [9.17, 15) is 19.5 Å². The maximum atomic E-state index is 12.5. The lowest BCUT2D eigenvalue weighted by atomic mass is 10.2. The van der Waals surface area contributed by atoms with E-state index >= 15 is 0 Å². The molecule has 25 heavy (non-hydrogen) atoms. The van der Waals surface area contributed by atoms with Crippen LogP contribution in [0, 0.1) is 0 Å². The number of thiazole rings is 1. The van der Waals surface area contributed by atoms with Crippen LogP contribution in [0.5, 0.6) is 0 Å². The molecule has 10 heteroatoms. The first-order valence-electron chi connectivity index (χ1n) is 7.72. The fraction of sp³-hybridized carbons (Fsp3) is 0.467. The van der Waals surface area contributed by atoms with Crippen LogP contribution in [-0.2, 0) is 12.8 Å². The van der Waals surface area contributed by atoms with Crippen molar-refractivity contribution in [3.63, 3.8) is 0 Å². The summed E-state index contributed by atoms with van der Waals surface area (Å²) in [6.45, 7) is 0. The maximum absolute atomic E-state index is 12.5. The first-order valence-corrected chi connectivity index (χ1v) is 9.76. The predicted octanol–water partition coefficient (Wildman–Crippen LogP) is 1.73. The van der Waals surface area contributed by atoms with Crippen LogP contribution in [-0.4, -0.2) is 39.8 Å². The van der Waals surface area contributed by atoms with Gasteiger partial charge in [-0.25, -0.2) is 14.6 Å². The molecule has 0 unspecified atom stereocenters. The van der Waals surface area contributed by atoms with Crippen molar-refractivity contribution in [2.24, 2.45) is 5.73 Å². The summed E-state index contributed by atoms with van der Waals surface area (Å²) in [5, 5.41) is 11.7. The molecular formula is C15H20N4O4S2. The van der Waals surface area contributed by atoms with Gasteiger partial charge in [-0.1, -0.05) is 6.42 Å². The number of aromatic carboxylic acids is 1. The van der Waals surface area contributed by atoms with Crippen molar-refractivity contribution >= 4 is 40.1 Å². The molecular weight excluding hydrogens is 364 g/mol. The average Bonchev–Trinajstić information content (AvgIpc) is 2.76. The lowest BCUT2D eigenvalue weighted by Crippen LogP contribution is -2.25. The minimum absolute atomic E-state index is 0.208. The van der Waals surface area contributed by atoms with E-state index in [-0.39, 0.29) is 5.56 Å². The summed E-state index contributed by atoms with van der Waals surface area (Å²) in [6.07, 6.45) is 6.84. The zero-order valence-corrected chi connectivity index (χ0v) is 15.6. The second kappa shape index (κ2) is 8.34. The lowest BCUT2D eigenvalue weighted by Gasteiger charge is -2.05. The third kappa shape index (κ3) is 4.13. The molecule has 0 bridgehead atoms. The van der Waals surface area contributed by atoms with Crippen LogP contribution >= 0.6 is 23.1 Å². The van der Waals surface area contributed by atoms with Gasteiger partial charge in [0.15, 0.2) is 10.5 Å². The van der Waals surface area contributed by atoms with Crippen LogP contribution in [0.1, 0.15) is 40.2 Å². The average molecular weight is 384 g/mol. The molecule has 0 fully saturated rings. The molecule has 0 saturated carbocycles. The van der Waals surface area contributed by atoms with Gasteiger partial charge < -0.3 is 16.2 Å². The number of carbonyl (C=O) groups is 2. The number of nitrogens with zero attached hydrogens (tertiary/aromatic N) is 2. The number of carbonyl (C=O) groups excluding carboxylic acids is 1. The Morgan fingerprint density at radius 2 is 1.96 bits per heavy atom. The minimum atomic E-state index is -1.20. The van der Waals surface area contributed by atoms with Gasteiger partial charge in [-0.05, 0) is 31.9 Å². The number of fused-ring (bicyclic) bond motifs is 3. The van der Waals surface area contributed by atoms with E-state index in [1.54, 1.807) is 6.26 Å². The zero-order valence-electron chi connectivity index (χ0n) is 14.0. The first kappa shape index (κ1) is 19.3. The van der Waals surface area contributed by atoms with Gasteiger partial charge in [0.1, 0.15) is 5.03 Å². The Bertz CT molecular complexity index is 859. The molecule has 2 aromatic rings. The van der Waals surface area contributed by atoms with Crippen LogP contribution < -0.4 is 16.6 Å². The Balaban J connectivity index is 0.000000399. The third-order valence-corrected chi connectivity index (χ3v) is 5.62. The molecule has 0 aromatic carbocycles. The lowest BCUT2D eigenvalue weighted by molar-refractivity contribution is 0.0690. The van der Waals surface area contributed by atoms with Crippen LogP contribution in [0.2, 0.25) is 0 Å². The number of hydrogen-bond donors (Lipinski definition) is 3. The normalized spacial score (nSPS) is 13.4. The van der Waals surface area contributed by atoms with Crippen molar-refractivity contribution in [3.05, 3.63) is 26.5 Å². The fourth-order valence-corrected chi connectivity index (χ4v) is 4.43. The Hall–Kier alpha value is -2.07. The van der Waals surface area contributed by atoms with Crippen molar-refractivity contribution in [2.75, 3.05) is 13.3 Å². The predicted molar refractivity (Wildman–Crippen MR) is 98.0 cm³/mol. The summed E-state index contributed by atoms with van der Waals surface area (Å²) in [5.74, 6) is -1.20. The number of carboxylic acid groups (broad SMARTS) is 1. The van der Waals surface area contributed by atoms with Gasteiger partial charge in [-0.3, -0.25) is 9.20 Å². The summed E-state index contributed by atoms with van der Waals surface area (Å²) in [4.78, 5) is 39.5. The molecule has 4 N–H and O–H groups in total. The number of thioether (sulfide) groups is 1. The number of nitrogens with one attached hydrogen (secondary N) is 1. The summed E-state index contributed by atoms with van der Waals surface area (Å²) >= 11 is 2.73. The summed E-state index contributed by atoms with van der Waals surface area (Å²) in [7, 11) is 1.47. The van der Waals surface area contributed by atoms with Crippen LogP contribution in [0.25, 0.3) is 4.96 Å². The van der Waals surface area contributed by atoms with Crippen LogP contribution in [0.3, 0.4) is 0 Å². The number of aryl methyl sites for hydroxylation is 2. The van der Waals surface area contributed by atoms with Gasteiger partial charge in [0, 0.05) is 17.6 Å². The molecule has 2 aromatic heterocycles. The topological polar surface area (TPSA) is 127 Å². The van der Waals surface area contributed by atoms with Crippen LogP contribution in [0.15, 0.2) is 9.82 Å². The van der Waals surface area contributed by atoms with E-state index in [1.807, 2.05) is 0 Å². The Morgan fingerprint density at radius 3 is 2.52 bits per heavy atom. The smallest absolute Gasteiger partial charge is 0.344 e. The third-order valence-electron chi connectivity index (χ3n) is 3.80. The monoisotopic (exact) mass is 384 g/mol. The van der Waals surface area contributed by atoms with Gasteiger partial charge in [-0.2, -0.15) is 0 Å². The molecule has 2 amide bonds. The van der Waals surface area contributed by atoms with E-state index in [1.165, 1.54) is 39.4 Å². The van der Waals surface area contributed by atoms with Gasteiger partial charge in [-0.15, -0.1) is 23.1 Å². The maximum Gasteiger partial charge on any atom is 0.344 e. The number of nitrogens with two attached hydrogens (primary N) is 1. The SMILES string of the molecule is CNC(N)=O.CSc1nc2sc3c(n2c(=O)c1C(=O)O)CCCCC3. The summed E-state index contributed by atoms with van der Waals surface area (Å²) in [6, 6.07) is -0.495. The number of urea groups is 1. The molecule has 1 aliphatic carbocycles. The number of carboxylic acids is 1. The van der Waals surface area contributed by atoms with Gasteiger partial charge >= 0.3 is 12.0 Å². The molecule has 2 heterocycles. The second-order valence-corrected chi connectivity index (χ2v) is 7.23. The van der Waals surface area contributed by atoms with E-state index < -0.39 is 17.6 Å². The highest BCUT2D eigenvalue weighted by molar-refractivity contribution is 7.98. The van der Waals surface area contributed by atoms with Crippen molar-refractivity contribution in [1.82, 2.24) is 14.7 Å². The van der Waals surface area contributed by atoms with E-state index in [2.05, 4.69) is 16.0 Å². The highest BCUT2D eigenvalue weighted by Crippen LogP contribution is 2.29. The van der Waals surface area contributed by atoms with Crippen LogP contribution in [0.4, 0.5) is 4.79 Å². The Labute approximate surface area is 152 Å². The zero-order chi connectivity index (χ0) is 18.6. The van der Waals surface area contributed by atoms with Crippen molar-refractivity contribution in [1.29, 1.82) is 0 Å². The standard InChI is InChI=1S/C13H14N2O3S2.C2H6N2O/c1-19-10-9(12(17)18)11(16)15-7-5-3-2-4-6-8(7)20-13(15)14-10;1-4-2(3)5/h2-6H2,1H3,(H,17,18);1H3,(H3,3,4,5). The Morgan fingerprint density at radius 1 is 1.32 bits per heavy atom. The fourth-order valence-electron chi connectivity index (χ4n) is 2.62. The number of aromatic nitrogens is 2. The van der Waals surface area contributed by atoms with E-state index in [4.69, 9.17) is 0 Å². The quantitative estimate of drug-likeness (QED) is 0.411. The highest BCUT2D eigenvalue weighted by Gasteiger charge is 2.23. The molecule has 1 aliphatic rings.